The van der Waals surface area contributed by atoms with Crippen molar-refractivity contribution in [2.45, 2.75) is 5.54 Å². The van der Waals surface area contributed by atoms with Gasteiger partial charge in [-0.25, -0.2) is 9.78 Å². The van der Waals surface area contributed by atoms with Gasteiger partial charge in [0, 0.05) is 34.6 Å². The molecule has 1 aliphatic heterocycles. The van der Waals surface area contributed by atoms with E-state index < -0.39 is 11.5 Å². The second-order valence-corrected chi connectivity index (χ2v) is 6.56. The molecule has 0 saturated heterocycles. The summed E-state index contributed by atoms with van der Waals surface area (Å²) in [5, 5.41) is 24.1. The molecule has 1 aliphatic rings. The average molecular weight is 357 g/mol. The number of carboxylic acids is 1. The van der Waals surface area contributed by atoms with Crippen molar-refractivity contribution in [3.05, 3.63) is 78.1 Å². The molecule has 27 heavy (non-hydrogen) atoms. The highest BCUT2D eigenvalue weighted by atomic mass is 16.4. The number of fused-ring (bicyclic) bond motifs is 2. The van der Waals surface area contributed by atoms with Gasteiger partial charge in [-0.3, -0.25) is 0 Å². The number of phenols is 1. The largest absolute Gasteiger partial charge is 0.508 e. The number of rotatable bonds is 2. The summed E-state index contributed by atoms with van der Waals surface area (Å²) in [6.07, 6.45) is 3.41. The summed E-state index contributed by atoms with van der Waals surface area (Å²) in [5.41, 5.74) is 2.74. The fraction of sp³-hybridized carbons (Fsp3) is 0.0476. The molecule has 2 aromatic heterocycles. The number of aromatic hydroxyl groups is 1. The van der Waals surface area contributed by atoms with Crippen LogP contribution in [0.2, 0.25) is 0 Å². The number of carboxylic acid groups (broad SMARTS) is 1. The lowest BCUT2D eigenvalue weighted by molar-refractivity contribution is -0.141. The molecule has 4 N–H and O–H groups in total. The van der Waals surface area contributed by atoms with Crippen molar-refractivity contribution in [1.82, 2.24) is 9.97 Å². The summed E-state index contributed by atoms with van der Waals surface area (Å²) in [4.78, 5) is 20.2. The van der Waals surface area contributed by atoms with E-state index in [4.69, 9.17) is 0 Å². The summed E-state index contributed by atoms with van der Waals surface area (Å²) >= 11 is 0. The quantitative estimate of drug-likeness (QED) is 0.439. The van der Waals surface area contributed by atoms with E-state index in [-0.39, 0.29) is 5.75 Å². The van der Waals surface area contributed by atoms with Crippen molar-refractivity contribution in [3.8, 4) is 16.9 Å². The molecule has 6 nitrogen and oxygen atoms in total. The molecular weight excluding hydrogens is 342 g/mol. The van der Waals surface area contributed by atoms with Crippen LogP contribution in [0, 0.1) is 0 Å². The first-order valence-electron chi connectivity index (χ1n) is 8.48. The van der Waals surface area contributed by atoms with Crippen molar-refractivity contribution < 1.29 is 15.0 Å². The van der Waals surface area contributed by atoms with Gasteiger partial charge in [0.15, 0.2) is 5.54 Å². The van der Waals surface area contributed by atoms with Crippen LogP contribution in [0.3, 0.4) is 0 Å². The third-order valence-electron chi connectivity index (χ3n) is 5.14. The number of carbonyl (C=O) groups is 1. The number of para-hydroxylation sites is 1. The Labute approximate surface area is 154 Å². The number of pyridine rings is 1. The minimum Gasteiger partial charge on any atom is -0.508 e. The lowest BCUT2D eigenvalue weighted by atomic mass is 9.82. The van der Waals surface area contributed by atoms with Crippen molar-refractivity contribution in [3.63, 3.8) is 0 Å². The minimum atomic E-state index is -1.53. The van der Waals surface area contributed by atoms with Gasteiger partial charge in [0.1, 0.15) is 11.4 Å². The van der Waals surface area contributed by atoms with Gasteiger partial charge >= 0.3 is 5.97 Å². The molecule has 0 amide bonds. The Morgan fingerprint density at radius 1 is 1.00 bits per heavy atom. The lowest BCUT2D eigenvalue weighted by Crippen LogP contribution is -2.44. The number of H-pyrrole nitrogens is 1. The van der Waals surface area contributed by atoms with E-state index in [1.165, 1.54) is 12.1 Å². The Morgan fingerprint density at radius 3 is 2.56 bits per heavy atom. The highest BCUT2D eigenvalue weighted by Gasteiger charge is 2.46. The Bertz CT molecular complexity index is 1200. The van der Waals surface area contributed by atoms with Crippen LogP contribution in [0.15, 0.2) is 67.0 Å². The maximum atomic E-state index is 12.7. The van der Waals surface area contributed by atoms with Crippen LogP contribution >= 0.6 is 0 Å². The first-order valence-corrected chi connectivity index (χ1v) is 8.48. The van der Waals surface area contributed by atoms with E-state index in [0.717, 1.165) is 22.2 Å². The number of aromatic amines is 1. The van der Waals surface area contributed by atoms with Gasteiger partial charge in [0.05, 0.1) is 0 Å². The van der Waals surface area contributed by atoms with E-state index in [1.807, 2.05) is 30.3 Å². The number of anilines is 1. The van der Waals surface area contributed by atoms with E-state index in [9.17, 15) is 15.0 Å². The number of aliphatic carboxylic acids is 1. The Hall–Kier alpha value is -3.80. The average Bonchev–Trinajstić information content (AvgIpc) is 3.06. The second-order valence-electron chi connectivity index (χ2n) is 6.56. The van der Waals surface area contributed by atoms with Gasteiger partial charge in [-0.05, 0) is 35.4 Å². The first kappa shape index (κ1) is 15.5. The smallest absolute Gasteiger partial charge is 0.338 e. The number of hydrogen-bond acceptors (Lipinski definition) is 4. The number of phenolic OH excluding ortho intramolecular Hbond substituents is 1. The SMILES string of the molecule is O=C(O)C1(c2ccc(O)cc2)Nc2ccccc2-c2ccnc3[nH]cc1c23. The molecule has 0 saturated carbocycles. The summed E-state index contributed by atoms with van der Waals surface area (Å²) < 4.78 is 0. The molecule has 1 atom stereocenters. The van der Waals surface area contributed by atoms with Gasteiger partial charge in [-0.2, -0.15) is 0 Å². The molecule has 0 fully saturated rings. The Kier molecular flexibility index (Phi) is 3.06. The van der Waals surface area contributed by atoms with E-state index >= 15 is 0 Å². The van der Waals surface area contributed by atoms with Crippen LogP contribution < -0.4 is 5.32 Å². The van der Waals surface area contributed by atoms with Crippen LogP contribution in [-0.4, -0.2) is 26.2 Å². The van der Waals surface area contributed by atoms with Crippen LogP contribution in [0.5, 0.6) is 5.75 Å². The van der Waals surface area contributed by atoms with Gasteiger partial charge in [0.25, 0.3) is 0 Å². The molecule has 1 unspecified atom stereocenters. The molecule has 6 heteroatoms. The standard InChI is InChI=1S/C21H15N3O3/c25-13-7-5-12(6-8-13)21(20(26)27)16-11-23-19-18(16)15(9-10-22-19)14-3-1-2-4-17(14)24-21/h1-11,24-25H,(H,22,23)(H,26,27). The Morgan fingerprint density at radius 2 is 1.78 bits per heavy atom. The number of hydrogen-bond donors (Lipinski definition) is 4. The maximum absolute atomic E-state index is 12.7. The zero-order valence-electron chi connectivity index (χ0n) is 14.1. The zero-order valence-corrected chi connectivity index (χ0v) is 14.1. The normalized spacial score (nSPS) is 17.8. The van der Waals surface area contributed by atoms with Crippen LogP contribution in [-0.2, 0) is 10.3 Å². The molecule has 3 heterocycles. The molecule has 4 aromatic rings. The topological polar surface area (TPSA) is 98.2 Å². The molecule has 0 radical (unpaired) electrons. The number of nitrogens with zero attached hydrogens (tertiary/aromatic N) is 1. The van der Waals surface area contributed by atoms with Crippen LogP contribution in [0.1, 0.15) is 11.1 Å². The van der Waals surface area contributed by atoms with E-state index in [1.54, 1.807) is 24.5 Å². The molecule has 0 aliphatic carbocycles. The zero-order chi connectivity index (χ0) is 18.6. The van der Waals surface area contributed by atoms with Crippen LogP contribution in [0.4, 0.5) is 5.69 Å². The van der Waals surface area contributed by atoms with Gasteiger partial charge in [0.2, 0.25) is 0 Å². The van der Waals surface area contributed by atoms with Crippen molar-refractivity contribution in [1.29, 1.82) is 0 Å². The third kappa shape index (κ3) is 2.01. The minimum absolute atomic E-state index is 0.0783. The molecule has 0 bridgehead atoms. The predicted octanol–water partition coefficient (Wildman–Crippen LogP) is 3.69. The highest BCUT2D eigenvalue weighted by molar-refractivity contribution is 6.06. The van der Waals surface area contributed by atoms with E-state index in [2.05, 4.69) is 15.3 Å². The highest BCUT2D eigenvalue weighted by Crippen LogP contribution is 2.46. The number of benzene rings is 2. The second kappa shape index (κ2) is 5.35. The third-order valence-corrected chi connectivity index (χ3v) is 5.14. The maximum Gasteiger partial charge on any atom is 0.338 e. The summed E-state index contributed by atoms with van der Waals surface area (Å²) in [6.45, 7) is 0. The summed E-state index contributed by atoms with van der Waals surface area (Å²) in [7, 11) is 0. The summed E-state index contributed by atoms with van der Waals surface area (Å²) in [6, 6.07) is 15.8. The monoisotopic (exact) mass is 357 g/mol. The number of nitrogens with one attached hydrogen (secondary N) is 2. The van der Waals surface area contributed by atoms with Crippen molar-refractivity contribution in [2.75, 3.05) is 5.32 Å². The van der Waals surface area contributed by atoms with Crippen molar-refractivity contribution in [2.24, 2.45) is 0 Å². The van der Waals surface area contributed by atoms with E-state index in [0.29, 0.717) is 16.8 Å². The predicted molar refractivity (Wildman–Crippen MR) is 102 cm³/mol. The van der Waals surface area contributed by atoms with Gasteiger partial charge < -0.3 is 20.5 Å². The Balaban J connectivity index is 1.95. The number of aromatic nitrogens is 2. The molecule has 0 spiro atoms. The first-order chi connectivity index (χ1) is 13.1. The molecule has 2 aromatic carbocycles. The summed E-state index contributed by atoms with van der Waals surface area (Å²) in [5.74, 6) is -0.963. The fourth-order valence-electron chi connectivity index (χ4n) is 3.90. The molecule has 5 rings (SSSR count). The fourth-order valence-corrected chi connectivity index (χ4v) is 3.90. The van der Waals surface area contributed by atoms with Crippen LogP contribution in [0.25, 0.3) is 22.2 Å². The lowest BCUT2D eigenvalue weighted by Gasteiger charge is -2.31. The van der Waals surface area contributed by atoms with Gasteiger partial charge in [-0.15, -0.1) is 0 Å². The molecular formula is C21H15N3O3. The van der Waals surface area contributed by atoms with Crippen molar-refractivity contribution >= 4 is 22.7 Å². The molecule has 132 valence electrons. The van der Waals surface area contributed by atoms with Gasteiger partial charge in [-0.1, -0.05) is 30.3 Å².